The van der Waals surface area contributed by atoms with Crippen LogP contribution in [0.15, 0.2) is 35.2 Å². The summed E-state index contributed by atoms with van der Waals surface area (Å²) in [4.78, 5) is 5.39. The number of rotatable bonds is 1. The van der Waals surface area contributed by atoms with E-state index in [-0.39, 0.29) is 0 Å². The Morgan fingerprint density at radius 2 is 2.13 bits per heavy atom. The van der Waals surface area contributed by atoms with Gasteiger partial charge in [0.2, 0.25) is 0 Å². The average Bonchev–Trinajstić information content (AvgIpc) is 2.85. The maximum Gasteiger partial charge on any atom is 0.132 e. The molecule has 0 spiro atoms. The minimum absolute atomic E-state index is 0.622. The Labute approximate surface area is 95.0 Å². The smallest absolute Gasteiger partial charge is 0.132 e. The lowest BCUT2D eigenvalue weighted by molar-refractivity contribution is 1.38. The number of nitrogen functional groups attached to an aromatic ring is 1. The molecule has 0 saturated carbocycles. The zero-order chi connectivity index (χ0) is 10.3. The van der Waals surface area contributed by atoms with Crippen molar-refractivity contribution in [1.29, 1.82) is 0 Å². The van der Waals surface area contributed by atoms with Crippen molar-refractivity contribution < 1.29 is 0 Å². The highest BCUT2D eigenvalue weighted by molar-refractivity contribution is 7.19. The second-order valence-electron chi connectivity index (χ2n) is 3.20. The van der Waals surface area contributed by atoms with Gasteiger partial charge >= 0.3 is 0 Å². The molecule has 4 heteroatoms. The van der Waals surface area contributed by atoms with Crippen LogP contribution < -0.4 is 5.73 Å². The number of thiophene rings is 2. The molecule has 0 aliphatic heterocycles. The molecule has 15 heavy (non-hydrogen) atoms. The molecule has 0 unspecified atom stereocenters. The SMILES string of the molecule is Nc1nccc2scc(-c3cccs3)c12. The molecule has 0 saturated heterocycles. The predicted molar refractivity (Wildman–Crippen MR) is 67.3 cm³/mol. The normalized spacial score (nSPS) is 10.9. The van der Waals surface area contributed by atoms with Crippen LogP contribution in [0.25, 0.3) is 20.5 Å². The van der Waals surface area contributed by atoms with Gasteiger partial charge in [0.15, 0.2) is 0 Å². The highest BCUT2D eigenvalue weighted by Gasteiger charge is 2.10. The summed E-state index contributed by atoms with van der Waals surface area (Å²) in [6.45, 7) is 0. The van der Waals surface area contributed by atoms with Gasteiger partial charge in [-0.25, -0.2) is 4.98 Å². The maximum atomic E-state index is 5.91. The number of aromatic nitrogens is 1. The summed E-state index contributed by atoms with van der Waals surface area (Å²) in [5.74, 6) is 0.622. The van der Waals surface area contributed by atoms with Gasteiger partial charge in [0.05, 0.1) is 0 Å². The maximum absolute atomic E-state index is 5.91. The number of anilines is 1. The second-order valence-corrected chi connectivity index (χ2v) is 5.05. The number of nitrogens with two attached hydrogens (primary N) is 1. The van der Waals surface area contributed by atoms with E-state index < -0.39 is 0 Å². The molecule has 0 fully saturated rings. The van der Waals surface area contributed by atoms with Crippen molar-refractivity contribution in [2.75, 3.05) is 5.73 Å². The van der Waals surface area contributed by atoms with E-state index in [9.17, 15) is 0 Å². The van der Waals surface area contributed by atoms with Gasteiger partial charge in [-0.3, -0.25) is 0 Å². The fourth-order valence-corrected chi connectivity index (χ4v) is 3.41. The minimum atomic E-state index is 0.622. The summed E-state index contributed by atoms with van der Waals surface area (Å²) in [6.07, 6.45) is 1.76. The molecule has 3 aromatic heterocycles. The number of nitrogens with zero attached hydrogens (tertiary/aromatic N) is 1. The lowest BCUT2D eigenvalue weighted by atomic mass is 10.2. The van der Waals surface area contributed by atoms with Gasteiger partial charge in [-0.1, -0.05) is 6.07 Å². The molecule has 74 valence electrons. The van der Waals surface area contributed by atoms with Gasteiger partial charge in [0.25, 0.3) is 0 Å². The molecule has 0 atom stereocenters. The molecule has 2 N–H and O–H groups in total. The fraction of sp³-hybridized carbons (Fsp3) is 0. The first-order valence-electron chi connectivity index (χ1n) is 4.52. The Hall–Kier alpha value is -1.39. The van der Waals surface area contributed by atoms with Crippen LogP contribution in [0.3, 0.4) is 0 Å². The van der Waals surface area contributed by atoms with Gasteiger partial charge in [-0.2, -0.15) is 0 Å². The standard InChI is InChI=1S/C11H8N2S2/c12-11-10-7(8-2-1-5-14-8)6-15-9(10)3-4-13-11/h1-6H,(H2,12,13). The highest BCUT2D eigenvalue weighted by atomic mass is 32.1. The number of fused-ring (bicyclic) bond motifs is 1. The molecule has 2 nitrogen and oxygen atoms in total. The first-order chi connectivity index (χ1) is 7.36. The molecule has 0 amide bonds. The summed E-state index contributed by atoms with van der Waals surface area (Å²) in [5, 5.41) is 5.31. The van der Waals surface area contributed by atoms with Gasteiger partial charge in [-0.05, 0) is 17.5 Å². The van der Waals surface area contributed by atoms with Gasteiger partial charge < -0.3 is 5.73 Å². The van der Waals surface area contributed by atoms with E-state index >= 15 is 0 Å². The Morgan fingerprint density at radius 3 is 2.93 bits per heavy atom. The third-order valence-electron chi connectivity index (χ3n) is 2.30. The van der Waals surface area contributed by atoms with Crippen LogP contribution in [0.4, 0.5) is 5.82 Å². The molecule has 3 aromatic rings. The summed E-state index contributed by atoms with van der Waals surface area (Å²) < 4.78 is 1.20. The minimum Gasteiger partial charge on any atom is -0.383 e. The Morgan fingerprint density at radius 1 is 1.20 bits per heavy atom. The van der Waals surface area contributed by atoms with Crippen molar-refractivity contribution in [3.8, 4) is 10.4 Å². The van der Waals surface area contributed by atoms with Gasteiger partial charge in [0.1, 0.15) is 5.82 Å². The second kappa shape index (κ2) is 3.32. The van der Waals surface area contributed by atoms with Crippen LogP contribution in [-0.4, -0.2) is 4.98 Å². The van der Waals surface area contributed by atoms with Crippen molar-refractivity contribution in [2.24, 2.45) is 0 Å². The number of pyridine rings is 1. The summed E-state index contributed by atoms with van der Waals surface area (Å²) in [6, 6.07) is 6.17. The van der Waals surface area contributed by atoms with E-state index in [0.29, 0.717) is 5.82 Å². The quantitative estimate of drug-likeness (QED) is 0.696. The fourth-order valence-electron chi connectivity index (χ4n) is 1.62. The van der Waals surface area contributed by atoms with Crippen LogP contribution in [0.1, 0.15) is 0 Å². The molecule has 0 aliphatic rings. The van der Waals surface area contributed by atoms with Crippen LogP contribution >= 0.6 is 22.7 Å². The van der Waals surface area contributed by atoms with Crippen molar-refractivity contribution in [3.63, 3.8) is 0 Å². The molecule has 0 radical (unpaired) electrons. The Balaban J connectivity index is 2.37. The summed E-state index contributed by atoms with van der Waals surface area (Å²) in [5.41, 5.74) is 7.11. The Bertz CT molecular complexity index is 596. The molecular formula is C11H8N2S2. The van der Waals surface area contributed by atoms with Crippen molar-refractivity contribution in [1.82, 2.24) is 4.98 Å². The molecule has 0 aliphatic carbocycles. The topological polar surface area (TPSA) is 38.9 Å². The van der Waals surface area contributed by atoms with Crippen molar-refractivity contribution in [2.45, 2.75) is 0 Å². The third kappa shape index (κ3) is 1.33. The monoisotopic (exact) mass is 232 g/mol. The van der Waals surface area contributed by atoms with Crippen molar-refractivity contribution >= 4 is 38.6 Å². The number of hydrogen-bond acceptors (Lipinski definition) is 4. The molecule has 3 heterocycles. The van der Waals surface area contributed by atoms with Crippen LogP contribution in [0.2, 0.25) is 0 Å². The number of hydrogen-bond donors (Lipinski definition) is 1. The van der Waals surface area contributed by atoms with E-state index in [1.54, 1.807) is 28.9 Å². The zero-order valence-electron chi connectivity index (χ0n) is 7.81. The molecule has 0 aromatic carbocycles. The lowest BCUT2D eigenvalue weighted by Gasteiger charge is -1.98. The van der Waals surface area contributed by atoms with Crippen LogP contribution in [0, 0.1) is 0 Å². The largest absolute Gasteiger partial charge is 0.383 e. The molecule has 0 bridgehead atoms. The summed E-state index contributed by atoms with van der Waals surface area (Å²) in [7, 11) is 0. The lowest BCUT2D eigenvalue weighted by Crippen LogP contribution is -1.89. The highest BCUT2D eigenvalue weighted by Crippen LogP contribution is 2.38. The zero-order valence-corrected chi connectivity index (χ0v) is 9.44. The average molecular weight is 232 g/mol. The van der Waals surface area contributed by atoms with E-state index in [4.69, 9.17) is 5.73 Å². The van der Waals surface area contributed by atoms with Crippen molar-refractivity contribution in [3.05, 3.63) is 35.2 Å². The first-order valence-corrected chi connectivity index (χ1v) is 6.28. The van der Waals surface area contributed by atoms with E-state index in [1.807, 2.05) is 6.07 Å². The van der Waals surface area contributed by atoms with E-state index in [1.165, 1.54) is 15.1 Å². The van der Waals surface area contributed by atoms with E-state index in [0.717, 1.165) is 5.39 Å². The van der Waals surface area contributed by atoms with Gasteiger partial charge in [0, 0.05) is 32.1 Å². The van der Waals surface area contributed by atoms with Crippen LogP contribution in [-0.2, 0) is 0 Å². The third-order valence-corrected chi connectivity index (χ3v) is 4.15. The summed E-state index contributed by atoms with van der Waals surface area (Å²) >= 11 is 3.44. The first kappa shape index (κ1) is 8.88. The van der Waals surface area contributed by atoms with E-state index in [2.05, 4.69) is 27.9 Å². The molecular weight excluding hydrogens is 224 g/mol. The predicted octanol–water partition coefficient (Wildman–Crippen LogP) is 3.61. The van der Waals surface area contributed by atoms with Gasteiger partial charge in [-0.15, -0.1) is 22.7 Å². The molecule has 3 rings (SSSR count). The Kier molecular flexibility index (Phi) is 1.97. The van der Waals surface area contributed by atoms with Crippen LogP contribution in [0.5, 0.6) is 0 Å².